The van der Waals surface area contributed by atoms with E-state index in [9.17, 15) is 0 Å². The van der Waals surface area contributed by atoms with Crippen LogP contribution in [-0.4, -0.2) is 5.16 Å². The summed E-state index contributed by atoms with van der Waals surface area (Å²) >= 11 is 3.45. The number of hydrogen-bond donors (Lipinski definition) is 1. The molecule has 0 spiro atoms. The Morgan fingerprint density at radius 3 is 2.79 bits per heavy atom. The Balaban J connectivity index is 2.44. The Hall–Kier alpha value is -1.13. The fourth-order valence-electron chi connectivity index (χ4n) is 1.20. The highest BCUT2D eigenvalue weighted by Gasteiger charge is 2.07. The van der Waals surface area contributed by atoms with E-state index in [1.54, 1.807) is 0 Å². The Bertz CT molecular complexity index is 439. The van der Waals surface area contributed by atoms with Gasteiger partial charge in [0.05, 0.1) is 5.69 Å². The van der Waals surface area contributed by atoms with Gasteiger partial charge in [-0.15, -0.1) is 0 Å². The minimum Gasteiger partial charge on any atom is -0.356 e. The normalized spacial score (nSPS) is 10.4. The van der Waals surface area contributed by atoms with Crippen molar-refractivity contribution in [1.82, 2.24) is 5.16 Å². The minimum atomic E-state index is 0.397. The van der Waals surface area contributed by atoms with Gasteiger partial charge in [-0.25, -0.2) is 0 Å². The summed E-state index contributed by atoms with van der Waals surface area (Å²) in [5.74, 6) is 0.734. The van der Waals surface area contributed by atoms with E-state index < -0.39 is 0 Å². The summed E-state index contributed by atoms with van der Waals surface area (Å²) in [5, 5.41) is 3.83. The average molecular weight is 253 g/mol. The number of hydrogen-bond acceptors (Lipinski definition) is 3. The third-order valence-electron chi connectivity index (χ3n) is 1.91. The second-order valence-corrected chi connectivity index (χ2v) is 3.72. The van der Waals surface area contributed by atoms with Gasteiger partial charge in [0.25, 0.3) is 0 Å². The molecule has 0 saturated carbocycles. The third kappa shape index (κ3) is 1.71. The molecule has 72 valence electrons. The molecular formula is C10H9BrN2O. The molecule has 0 aliphatic carbocycles. The lowest BCUT2D eigenvalue weighted by atomic mass is 10.2. The van der Waals surface area contributed by atoms with Crippen LogP contribution in [0.2, 0.25) is 0 Å². The van der Waals surface area contributed by atoms with E-state index in [1.165, 1.54) is 0 Å². The Kier molecular flexibility index (Phi) is 2.65. The summed E-state index contributed by atoms with van der Waals surface area (Å²) in [7, 11) is 0. The summed E-state index contributed by atoms with van der Waals surface area (Å²) in [6.45, 7) is 0.397. The lowest BCUT2D eigenvalue weighted by Crippen LogP contribution is -1.94. The number of aromatic nitrogens is 1. The van der Waals surface area contributed by atoms with E-state index in [1.807, 2.05) is 30.3 Å². The van der Waals surface area contributed by atoms with Gasteiger partial charge in [-0.2, -0.15) is 0 Å². The van der Waals surface area contributed by atoms with Gasteiger partial charge in [-0.3, -0.25) is 0 Å². The molecule has 1 heterocycles. The second kappa shape index (κ2) is 3.94. The average Bonchev–Trinajstić information content (AvgIpc) is 2.67. The number of rotatable bonds is 2. The first-order valence-corrected chi connectivity index (χ1v) is 5.01. The summed E-state index contributed by atoms with van der Waals surface area (Å²) in [4.78, 5) is 0. The number of halogens is 1. The maximum atomic E-state index is 5.45. The van der Waals surface area contributed by atoms with Crippen molar-refractivity contribution < 1.29 is 4.52 Å². The molecule has 0 bridgehead atoms. The number of nitrogens with two attached hydrogens (primary N) is 1. The quantitative estimate of drug-likeness (QED) is 0.894. The summed E-state index contributed by atoms with van der Waals surface area (Å²) < 4.78 is 6.15. The molecule has 1 aromatic carbocycles. The van der Waals surface area contributed by atoms with Crippen LogP contribution in [0.3, 0.4) is 0 Å². The number of nitrogens with zero attached hydrogens (tertiary/aromatic N) is 1. The maximum Gasteiger partial charge on any atom is 0.168 e. The summed E-state index contributed by atoms with van der Waals surface area (Å²) in [5.41, 5.74) is 7.19. The first-order valence-electron chi connectivity index (χ1n) is 4.22. The van der Waals surface area contributed by atoms with Crippen molar-refractivity contribution >= 4 is 15.9 Å². The van der Waals surface area contributed by atoms with Crippen LogP contribution in [0, 0.1) is 0 Å². The van der Waals surface area contributed by atoms with Crippen LogP contribution in [0.1, 0.15) is 5.69 Å². The highest BCUT2D eigenvalue weighted by Crippen LogP contribution is 2.28. The van der Waals surface area contributed by atoms with Crippen LogP contribution in [-0.2, 0) is 6.54 Å². The molecule has 0 aliphatic heterocycles. The molecule has 0 amide bonds. The van der Waals surface area contributed by atoms with Crippen LogP contribution < -0.4 is 5.73 Å². The topological polar surface area (TPSA) is 52.0 Å². The van der Waals surface area contributed by atoms with Crippen molar-refractivity contribution in [2.24, 2.45) is 5.73 Å². The SMILES string of the molecule is NCc1cc(-c2ccccc2Br)on1. The van der Waals surface area contributed by atoms with Crippen molar-refractivity contribution in [2.75, 3.05) is 0 Å². The number of benzene rings is 1. The second-order valence-electron chi connectivity index (χ2n) is 2.87. The zero-order valence-electron chi connectivity index (χ0n) is 7.40. The fourth-order valence-corrected chi connectivity index (χ4v) is 1.68. The van der Waals surface area contributed by atoms with Crippen LogP contribution in [0.5, 0.6) is 0 Å². The molecule has 0 unspecified atom stereocenters. The van der Waals surface area contributed by atoms with Gasteiger partial charge in [0.15, 0.2) is 5.76 Å². The highest BCUT2D eigenvalue weighted by atomic mass is 79.9. The molecule has 0 saturated heterocycles. The van der Waals surface area contributed by atoms with Gasteiger partial charge in [0.1, 0.15) is 0 Å². The molecule has 14 heavy (non-hydrogen) atoms. The van der Waals surface area contributed by atoms with Crippen molar-refractivity contribution in [1.29, 1.82) is 0 Å². The van der Waals surface area contributed by atoms with Crippen molar-refractivity contribution in [3.05, 3.63) is 40.5 Å². The van der Waals surface area contributed by atoms with Crippen LogP contribution >= 0.6 is 15.9 Å². The molecule has 3 nitrogen and oxygen atoms in total. The minimum absolute atomic E-state index is 0.397. The van der Waals surface area contributed by atoms with E-state index in [4.69, 9.17) is 10.3 Å². The Labute approximate surface area is 90.0 Å². The third-order valence-corrected chi connectivity index (χ3v) is 2.60. The van der Waals surface area contributed by atoms with E-state index in [-0.39, 0.29) is 0 Å². The van der Waals surface area contributed by atoms with Crippen molar-refractivity contribution in [2.45, 2.75) is 6.54 Å². The molecule has 2 aromatic rings. The molecule has 2 N–H and O–H groups in total. The van der Waals surface area contributed by atoms with Gasteiger partial charge in [-0.1, -0.05) is 33.2 Å². The van der Waals surface area contributed by atoms with Gasteiger partial charge >= 0.3 is 0 Å². The monoisotopic (exact) mass is 252 g/mol. The lowest BCUT2D eigenvalue weighted by Gasteiger charge is -1.97. The molecular weight excluding hydrogens is 244 g/mol. The zero-order valence-corrected chi connectivity index (χ0v) is 8.99. The van der Waals surface area contributed by atoms with E-state index in [0.29, 0.717) is 6.54 Å². The Morgan fingerprint density at radius 2 is 2.14 bits per heavy atom. The van der Waals surface area contributed by atoms with E-state index in [0.717, 1.165) is 21.5 Å². The van der Waals surface area contributed by atoms with Crippen LogP contribution in [0.4, 0.5) is 0 Å². The molecule has 1 aromatic heterocycles. The molecule has 2 rings (SSSR count). The largest absolute Gasteiger partial charge is 0.356 e. The van der Waals surface area contributed by atoms with Crippen LogP contribution in [0.25, 0.3) is 11.3 Å². The lowest BCUT2D eigenvalue weighted by molar-refractivity contribution is 0.423. The molecule has 4 heteroatoms. The predicted octanol–water partition coefficient (Wildman–Crippen LogP) is 2.56. The van der Waals surface area contributed by atoms with Gasteiger partial charge in [0.2, 0.25) is 0 Å². The fraction of sp³-hybridized carbons (Fsp3) is 0.100. The van der Waals surface area contributed by atoms with Gasteiger partial charge < -0.3 is 10.3 Å². The zero-order chi connectivity index (χ0) is 9.97. The van der Waals surface area contributed by atoms with Crippen LogP contribution in [0.15, 0.2) is 39.3 Å². The maximum absolute atomic E-state index is 5.45. The van der Waals surface area contributed by atoms with Crippen molar-refractivity contribution in [3.63, 3.8) is 0 Å². The Morgan fingerprint density at radius 1 is 1.36 bits per heavy atom. The molecule has 0 radical (unpaired) electrons. The standard InChI is InChI=1S/C10H9BrN2O/c11-9-4-2-1-3-8(9)10-5-7(6-12)13-14-10/h1-5H,6,12H2. The molecule has 0 atom stereocenters. The van der Waals surface area contributed by atoms with Crippen molar-refractivity contribution in [3.8, 4) is 11.3 Å². The summed E-state index contributed by atoms with van der Waals surface area (Å²) in [6.07, 6.45) is 0. The first kappa shape index (κ1) is 9.43. The van der Waals surface area contributed by atoms with Gasteiger partial charge in [-0.05, 0) is 12.1 Å². The van der Waals surface area contributed by atoms with Gasteiger partial charge in [0, 0.05) is 22.6 Å². The highest BCUT2D eigenvalue weighted by molar-refractivity contribution is 9.10. The molecule has 0 fully saturated rings. The van der Waals surface area contributed by atoms with E-state index >= 15 is 0 Å². The first-order chi connectivity index (χ1) is 6.81. The molecule has 0 aliphatic rings. The predicted molar refractivity (Wildman–Crippen MR) is 57.5 cm³/mol. The van der Waals surface area contributed by atoms with E-state index in [2.05, 4.69) is 21.1 Å². The summed E-state index contributed by atoms with van der Waals surface area (Å²) in [6, 6.07) is 9.67. The smallest absolute Gasteiger partial charge is 0.168 e.